The van der Waals surface area contributed by atoms with Gasteiger partial charge in [-0.05, 0) is 11.9 Å². The van der Waals surface area contributed by atoms with E-state index in [2.05, 4.69) is 0 Å². The fourth-order valence-electron chi connectivity index (χ4n) is 1.07. The number of carbonyl (C=O) groups is 3. The Morgan fingerprint density at radius 1 is 1.67 bits per heavy atom. The molecule has 7 heteroatoms. The van der Waals surface area contributed by atoms with Crippen molar-refractivity contribution in [3.05, 3.63) is 0 Å². The summed E-state index contributed by atoms with van der Waals surface area (Å²) >= 11 is 0.867. The van der Waals surface area contributed by atoms with Crippen molar-refractivity contribution in [2.24, 2.45) is 0 Å². The van der Waals surface area contributed by atoms with Gasteiger partial charge in [0.1, 0.15) is 0 Å². The molecule has 3 amide bonds. The van der Waals surface area contributed by atoms with E-state index >= 15 is 0 Å². The van der Waals surface area contributed by atoms with Crippen molar-refractivity contribution in [2.45, 2.75) is 11.3 Å². The number of carbonyl (C=O) groups excluding carboxylic acids is 2. The van der Waals surface area contributed by atoms with Gasteiger partial charge in [-0.2, -0.15) is 0 Å². The molecule has 12 heavy (non-hydrogen) atoms. The summed E-state index contributed by atoms with van der Waals surface area (Å²) in [5, 5.41) is 10.7. The zero-order valence-corrected chi connectivity index (χ0v) is 6.55. The van der Waals surface area contributed by atoms with E-state index in [4.69, 9.17) is 5.11 Å². The van der Waals surface area contributed by atoms with Crippen LogP contribution in [-0.4, -0.2) is 32.2 Å². The summed E-state index contributed by atoms with van der Waals surface area (Å²) in [7, 11) is 0. The van der Waals surface area contributed by atoms with Gasteiger partial charge in [0.2, 0.25) is 10.8 Å². The summed E-state index contributed by atoms with van der Waals surface area (Å²) < 4.78 is 1.05. The first-order chi connectivity index (χ1) is 5.56. The molecule has 2 rings (SSSR count). The van der Waals surface area contributed by atoms with Crippen LogP contribution < -0.4 is 5.32 Å². The van der Waals surface area contributed by atoms with Gasteiger partial charge in [0.05, 0.1) is 6.42 Å². The summed E-state index contributed by atoms with van der Waals surface area (Å²) in [5.41, 5.74) is 0. The Balaban J connectivity index is 2.28. The molecule has 0 aromatic heterocycles. The summed E-state index contributed by atoms with van der Waals surface area (Å²) in [6.45, 7) is 0. The van der Waals surface area contributed by atoms with Crippen LogP contribution in [0.4, 0.5) is 4.79 Å². The van der Waals surface area contributed by atoms with Crippen LogP contribution in [0.3, 0.4) is 0 Å². The van der Waals surface area contributed by atoms with Gasteiger partial charge in [0.25, 0.3) is 0 Å². The van der Waals surface area contributed by atoms with Gasteiger partial charge in [-0.15, -0.1) is 0 Å². The van der Waals surface area contributed by atoms with Gasteiger partial charge >= 0.3 is 12.0 Å². The number of nitrogens with one attached hydrogen (secondary N) is 1. The van der Waals surface area contributed by atoms with Crippen LogP contribution in [0.2, 0.25) is 0 Å². The lowest BCUT2D eigenvalue weighted by atomic mass is 10.1. The quantitative estimate of drug-likeness (QED) is 0.422. The Labute approximate surface area is 71.0 Å². The number of aliphatic carboxylic acids is 1. The van der Waals surface area contributed by atoms with E-state index in [1.165, 1.54) is 0 Å². The van der Waals surface area contributed by atoms with Crippen LogP contribution in [0.15, 0.2) is 0 Å². The predicted molar refractivity (Wildman–Crippen MR) is 38.0 cm³/mol. The molecule has 2 aliphatic heterocycles. The van der Waals surface area contributed by atoms with E-state index in [-0.39, 0.29) is 6.42 Å². The molecule has 0 saturated carbocycles. The van der Waals surface area contributed by atoms with Crippen molar-refractivity contribution in [3.8, 4) is 0 Å². The molecule has 2 saturated heterocycles. The zero-order chi connectivity index (χ0) is 8.93. The molecule has 64 valence electrons. The Morgan fingerprint density at radius 2 is 2.33 bits per heavy atom. The fraction of sp³-hybridized carbons (Fsp3) is 0.400. The zero-order valence-electron chi connectivity index (χ0n) is 5.73. The van der Waals surface area contributed by atoms with Crippen molar-refractivity contribution in [3.63, 3.8) is 0 Å². The third-order valence-electron chi connectivity index (χ3n) is 1.70. The number of fused-ring (bicyclic) bond motifs is 1. The minimum atomic E-state index is -1.31. The van der Waals surface area contributed by atoms with Crippen molar-refractivity contribution < 1.29 is 19.5 Å². The van der Waals surface area contributed by atoms with E-state index in [9.17, 15) is 14.4 Å². The van der Waals surface area contributed by atoms with Gasteiger partial charge in [0, 0.05) is 0 Å². The molecule has 0 bridgehead atoms. The Morgan fingerprint density at radius 3 is 2.92 bits per heavy atom. The van der Waals surface area contributed by atoms with Crippen LogP contribution in [-0.2, 0) is 9.59 Å². The van der Waals surface area contributed by atoms with Gasteiger partial charge in [-0.3, -0.25) is 10.1 Å². The number of imide groups is 1. The molecule has 2 heterocycles. The molecule has 0 radical (unpaired) electrons. The van der Waals surface area contributed by atoms with Crippen molar-refractivity contribution in [2.75, 3.05) is 0 Å². The minimum Gasteiger partial charge on any atom is -0.479 e. The fourth-order valence-corrected chi connectivity index (χ4v) is 1.96. The second kappa shape index (κ2) is 1.92. The Hall–Kier alpha value is -1.24. The van der Waals surface area contributed by atoms with Gasteiger partial charge in [0.15, 0.2) is 0 Å². The van der Waals surface area contributed by atoms with Gasteiger partial charge in [-0.1, -0.05) is 0 Å². The van der Waals surface area contributed by atoms with E-state index < -0.39 is 22.8 Å². The minimum absolute atomic E-state index is 0.168. The lowest BCUT2D eigenvalue weighted by molar-refractivity contribution is -0.143. The average molecular weight is 188 g/mol. The maximum atomic E-state index is 10.9. The molecule has 2 aliphatic rings. The number of nitrogens with zero attached hydrogens (tertiary/aromatic N) is 1. The molecule has 1 atom stereocenters. The summed E-state index contributed by atoms with van der Waals surface area (Å²) in [5.74, 6) is -1.68. The number of urea groups is 1. The molecular formula is C5H4N2O4S. The molecular weight excluding hydrogens is 184 g/mol. The molecule has 0 spiro atoms. The number of rotatable bonds is 1. The Kier molecular flexibility index (Phi) is 1.18. The highest BCUT2D eigenvalue weighted by Crippen LogP contribution is 2.55. The highest BCUT2D eigenvalue weighted by Gasteiger charge is 2.67. The molecule has 0 aromatic carbocycles. The number of hydrogen-bond donors (Lipinski definition) is 2. The first kappa shape index (κ1) is 7.41. The van der Waals surface area contributed by atoms with Crippen molar-refractivity contribution >= 4 is 29.9 Å². The lowest BCUT2D eigenvalue weighted by Crippen LogP contribution is -2.48. The summed E-state index contributed by atoms with van der Waals surface area (Å²) in [6, 6.07) is -0.640. The standard InChI is InChI=1S/C5H4N2O4S/c8-2-1-5(3(9)10)7(12-5)4(11)6-2/h1H2,(H,9,10)(H,6,8,11). The number of carboxylic acid groups (broad SMARTS) is 1. The van der Waals surface area contributed by atoms with Crippen molar-refractivity contribution in [1.82, 2.24) is 9.62 Å². The van der Waals surface area contributed by atoms with E-state index in [0.29, 0.717) is 0 Å². The van der Waals surface area contributed by atoms with Crippen molar-refractivity contribution in [1.29, 1.82) is 0 Å². The number of carboxylic acids is 1. The SMILES string of the molecule is O=C1CC2(C(=O)O)SN2C(=O)N1. The van der Waals surface area contributed by atoms with Crippen LogP contribution >= 0.6 is 11.9 Å². The van der Waals surface area contributed by atoms with Crippen LogP contribution in [0.1, 0.15) is 6.42 Å². The Bertz CT molecular complexity index is 304. The van der Waals surface area contributed by atoms with Gasteiger partial charge in [-0.25, -0.2) is 13.9 Å². The molecule has 0 aliphatic carbocycles. The summed E-state index contributed by atoms with van der Waals surface area (Å²) in [6.07, 6.45) is -0.168. The van der Waals surface area contributed by atoms with Crippen LogP contribution in [0, 0.1) is 0 Å². The third-order valence-corrected chi connectivity index (χ3v) is 2.99. The predicted octanol–water partition coefficient (Wildman–Crippen LogP) is -0.629. The van der Waals surface area contributed by atoms with Crippen LogP contribution in [0.5, 0.6) is 0 Å². The van der Waals surface area contributed by atoms with E-state index in [1.807, 2.05) is 5.32 Å². The largest absolute Gasteiger partial charge is 0.479 e. The van der Waals surface area contributed by atoms with E-state index in [1.54, 1.807) is 0 Å². The first-order valence-corrected chi connectivity index (χ1v) is 3.90. The monoisotopic (exact) mass is 188 g/mol. The third kappa shape index (κ3) is 0.737. The van der Waals surface area contributed by atoms with Crippen LogP contribution in [0.25, 0.3) is 0 Å². The number of hydrogen-bond acceptors (Lipinski definition) is 4. The highest BCUT2D eigenvalue weighted by atomic mass is 32.2. The second-order valence-corrected chi connectivity index (χ2v) is 3.73. The van der Waals surface area contributed by atoms with E-state index in [0.717, 1.165) is 16.3 Å². The normalized spacial score (nSPS) is 32.5. The van der Waals surface area contributed by atoms with Gasteiger partial charge < -0.3 is 5.11 Å². The highest BCUT2D eigenvalue weighted by molar-refractivity contribution is 8.06. The lowest BCUT2D eigenvalue weighted by Gasteiger charge is -2.14. The number of amides is 3. The summed E-state index contributed by atoms with van der Waals surface area (Å²) in [4.78, 5) is 31.0. The first-order valence-electron chi connectivity index (χ1n) is 3.13. The average Bonchev–Trinajstić information content (AvgIpc) is 2.63. The molecule has 0 aromatic rings. The molecule has 1 unspecified atom stereocenters. The maximum absolute atomic E-state index is 10.9. The maximum Gasteiger partial charge on any atom is 0.343 e. The smallest absolute Gasteiger partial charge is 0.343 e. The molecule has 2 N–H and O–H groups in total. The molecule has 2 fully saturated rings. The second-order valence-electron chi connectivity index (χ2n) is 2.51. The topological polar surface area (TPSA) is 86.5 Å². The molecule has 6 nitrogen and oxygen atoms in total.